The Morgan fingerprint density at radius 3 is 2.27 bits per heavy atom. The molecule has 0 unspecified atom stereocenters. The quantitative estimate of drug-likeness (QED) is 0.451. The third-order valence-corrected chi connectivity index (χ3v) is 4.97. The van der Waals surface area contributed by atoms with Crippen LogP contribution in [0.2, 0.25) is 0 Å². The standard InChI is InChI=1S/C25H17F2N3O3/c26-17-10-8-15(9-11-17)23(32)19-12-13-22(31)30(24(19)28)18-5-3-4-16(14-18)25(33)29-21-7-2-1-6-20(21)27/h1-14H,28H2,(H,29,33). The van der Waals surface area contributed by atoms with Crippen molar-refractivity contribution in [2.24, 2.45) is 0 Å². The molecule has 8 heteroatoms. The second-order valence-corrected chi connectivity index (χ2v) is 7.13. The van der Waals surface area contributed by atoms with E-state index in [-0.39, 0.29) is 33.9 Å². The largest absolute Gasteiger partial charge is 0.384 e. The van der Waals surface area contributed by atoms with E-state index >= 15 is 0 Å². The Hall–Kier alpha value is -4.59. The number of aromatic nitrogens is 1. The molecule has 0 saturated heterocycles. The molecular weight excluding hydrogens is 428 g/mol. The van der Waals surface area contributed by atoms with E-state index in [1.165, 1.54) is 60.7 Å². The summed E-state index contributed by atoms with van der Waals surface area (Å²) in [6.45, 7) is 0. The first-order chi connectivity index (χ1) is 15.8. The molecule has 4 rings (SSSR count). The minimum Gasteiger partial charge on any atom is -0.384 e. The summed E-state index contributed by atoms with van der Waals surface area (Å²) in [7, 11) is 0. The van der Waals surface area contributed by atoms with E-state index in [1.54, 1.807) is 12.1 Å². The molecule has 0 saturated carbocycles. The molecule has 33 heavy (non-hydrogen) atoms. The molecule has 1 amide bonds. The molecule has 6 nitrogen and oxygen atoms in total. The first-order valence-electron chi connectivity index (χ1n) is 9.83. The number of nitrogens with one attached hydrogen (secondary N) is 1. The zero-order valence-corrected chi connectivity index (χ0v) is 17.1. The predicted octanol–water partition coefficient (Wildman–Crippen LogP) is 4.18. The SMILES string of the molecule is Nc1c(C(=O)c2ccc(F)cc2)ccc(=O)n1-c1cccc(C(=O)Nc2ccccc2F)c1. The number of ketones is 1. The van der Waals surface area contributed by atoms with Crippen molar-refractivity contribution >= 4 is 23.2 Å². The van der Waals surface area contributed by atoms with Gasteiger partial charge in [-0.15, -0.1) is 0 Å². The maximum absolute atomic E-state index is 13.9. The third kappa shape index (κ3) is 4.40. The normalized spacial score (nSPS) is 10.6. The van der Waals surface area contributed by atoms with Crippen molar-refractivity contribution in [2.45, 2.75) is 0 Å². The lowest BCUT2D eigenvalue weighted by atomic mass is 10.0. The van der Waals surface area contributed by atoms with Gasteiger partial charge in [0.2, 0.25) is 0 Å². The second kappa shape index (κ2) is 8.88. The van der Waals surface area contributed by atoms with Gasteiger partial charge in [-0.1, -0.05) is 18.2 Å². The average Bonchev–Trinajstić information content (AvgIpc) is 2.81. The maximum Gasteiger partial charge on any atom is 0.256 e. The van der Waals surface area contributed by atoms with Gasteiger partial charge in [-0.2, -0.15) is 0 Å². The number of halogens is 2. The van der Waals surface area contributed by atoms with Gasteiger partial charge < -0.3 is 11.1 Å². The Labute approximate surface area is 186 Å². The molecule has 0 atom stereocenters. The highest BCUT2D eigenvalue weighted by Gasteiger charge is 2.18. The van der Waals surface area contributed by atoms with Gasteiger partial charge in [0.1, 0.15) is 17.5 Å². The fourth-order valence-corrected chi connectivity index (χ4v) is 3.31. The van der Waals surface area contributed by atoms with E-state index in [4.69, 9.17) is 5.73 Å². The summed E-state index contributed by atoms with van der Waals surface area (Å²) in [4.78, 5) is 38.1. The van der Waals surface area contributed by atoms with Crippen LogP contribution >= 0.6 is 0 Å². The van der Waals surface area contributed by atoms with Crippen LogP contribution in [0.5, 0.6) is 0 Å². The van der Waals surface area contributed by atoms with Crippen molar-refractivity contribution in [3.8, 4) is 5.69 Å². The van der Waals surface area contributed by atoms with Crippen LogP contribution in [-0.4, -0.2) is 16.3 Å². The van der Waals surface area contributed by atoms with Crippen molar-refractivity contribution in [1.29, 1.82) is 0 Å². The predicted molar refractivity (Wildman–Crippen MR) is 121 cm³/mol. The zero-order chi connectivity index (χ0) is 23.5. The van der Waals surface area contributed by atoms with E-state index < -0.39 is 28.9 Å². The van der Waals surface area contributed by atoms with Crippen LogP contribution in [0.3, 0.4) is 0 Å². The van der Waals surface area contributed by atoms with Crippen molar-refractivity contribution in [2.75, 3.05) is 11.1 Å². The lowest BCUT2D eigenvalue weighted by molar-refractivity contribution is 0.102. The van der Waals surface area contributed by atoms with E-state index in [0.717, 1.165) is 16.7 Å². The Kier molecular flexibility index (Phi) is 5.82. The fraction of sp³-hybridized carbons (Fsp3) is 0. The van der Waals surface area contributed by atoms with Crippen molar-refractivity contribution in [3.05, 3.63) is 124 Å². The van der Waals surface area contributed by atoms with Crippen LogP contribution < -0.4 is 16.6 Å². The topological polar surface area (TPSA) is 94.2 Å². The number of pyridine rings is 1. The van der Waals surface area contributed by atoms with Gasteiger partial charge in [0.25, 0.3) is 11.5 Å². The lowest BCUT2D eigenvalue weighted by Gasteiger charge is -2.14. The highest BCUT2D eigenvalue weighted by atomic mass is 19.1. The first-order valence-corrected chi connectivity index (χ1v) is 9.83. The summed E-state index contributed by atoms with van der Waals surface area (Å²) < 4.78 is 28.2. The van der Waals surface area contributed by atoms with Gasteiger partial charge in [-0.3, -0.25) is 19.0 Å². The number of carbonyl (C=O) groups excluding carboxylic acids is 2. The molecule has 0 fully saturated rings. The van der Waals surface area contributed by atoms with Gasteiger partial charge in [-0.05, 0) is 60.7 Å². The Balaban J connectivity index is 1.71. The van der Waals surface area contributed by atoms with Crippen LogP contribution in [0, 0.1) is 11.6 Å². The number of benzene rings is 3. The average molecular weight is 445 g/mol. The summed E-state index contributed by atoms with van der Waals surface area (Å²) in [5.74, 6) is -2.30. The maximum atomic E-state index is 13.9. The van der Waals surface area contributed by atoms with Crippen LogP contribution in [0.1, 0.15) is 26.3 Å². The molecule has 164 valence electrons. The van der Waals surface area contributed by atoms with Crippen molar-refractivity contribution in [3.63, 3.8) is 0 Å². The van der Waals surface area contributed by atoms with Crippen molar-refractivity contribution in [1.82, 2.24) is 4.57 Å². The molecule has 0 aliphatic carbocycles. The highest BCUT2D eigenvalue weighted by molar-refractivity contribution is 6.11. The number of para-hydroxylation sites is 1. The molecule has 1 aromatic heterocycles. The Morgan fingerprint density at radius 2 is 1.55 bits per heavy atom. The lowest BCUT2D eigenvalue weighted by Crippen LogP contribution is -2.24. The molecule has 0 aliphatic heterocycles. The molecule has 3 aromatic carbocycles. The number of nitrogen functional groups attached to an aromatic ring is 1. The van der Waals surface area contributed by atoms with Crippen LogP contribution in [-0.2, 0) is 0 Å². The van der Waals surface area contributed by atoms with Gasteiger partial charge in [0, 0.05) is 17.2 Å². The number of nitrogens with zero attached hydrogens (tertiary/aromatic N) is 1. The van der Waals surface area contributed by atoms with Crippen molar-refractivity contribution < 1.29 is 18.4 Å². The fourth-order valence-electron chi connectivity index (χ4n) is 3.31. The number of hydrogen-bond acceptors (Lipinski definition) is 4. The van der Waals surface area contributed by atoms with E-state index in [1.807, 2.05) is 0 Å². The Morgan fingerprint density at radius 1 is 0.818 bits per heavy atom. The molecule has 0 radical (unpaired) electrons. The second-order valence-electron chi connectivity index (χ2n) is 7.13. The molecule has 0 bridgehead atoms. The minimum atomic E-state index is -0.591. The van der Waals surface area contributed by atoms with Crippen LogP contribution in [0.4, 0.5) is 20.3 Å². The van der Waals surface area contributed by atoms with Gasteiger partial charge >= 0.3 is 0 Å². The third-order valence-electron chi connectivity index (χ3n) is 4.97. The number of carbonyl (C=O) groups is 2. The minimum absolute atomic E-state index is 0.0106. The summed E-state index contributed by atoms with van der Waals surface area (Å²) in [6.07, 6.45) is 0. The van der Waals surface area contributed by atoms with E-state index in [2.05, 4.69) is 5.32 Å². The number of rotatable bonds is 5. The van der Waals surface area contributed by atoms with Crippen LogP contribution in [0.25, 0.3) is 5.69 Å². The Bertz CT molecular complexity index is 1430. The van der Waals surface area contributed by atoms with Gasteiger partial charge in [-0.25, -0.2) is 8.78 Å². The molecule has 3 N–H and O–H groups in total. The number of nitrogens with two attached hydrogens (primary N) is 1. The molecule has 0 aliphatic rings. The number of hydrogen-bond donors (Lipinski definition) is 2. The molecular formula is C25H17F2N3O3. The summed E-state index contributed by atoms with van der Waals surface area (Å²) in [6, 6.07) is 19.1. The number of amides is 1. The highest BCUT2D eigenvalue weighted by Crippen LogP contribution is 2.21. The number of anilines is 2. The summed E-state index contributed by atoms with van der Waals surface area (Å²) in [5, 5.41) is 2.47. The zero-order valence-electron chi connectivity index (χ0n) is 17.1. The molecule has 1 heterocycles. The van der Waals surface area contributed by atoms with E-state index in [0.29, 0.717) is 0 Å². The molecule has 4 aromatic rings. The van der Waals surface area contributed by atoms with E-state index in [9.17, 15) is 23.2 Å². The first kappa shape index (κ1) is 21.6. The molecule has 0 spiro atoms. The van der Waals surface area contributed by atoms with Gasteiger partial charge in [0.05, 0.1) is 16.9 Å². The monoisotopic (exact) mass is 445 g/mol. The smallest absolute Gasteiger partial charge is 0.256 e. The van der Waals surface area contributed by atoms with Crippen LogP contribution in [0.15, 0.2) is 89.7 Å². The van der Waals surface area contributed by atoms with Gasteiger partial charge in [0.15, 0.2) is 5.78 Å². The summed E-state index contributed by atoms with van der Waals surface area (Å²) in [5.41, 5.74) is 6.30. The summed E-state index contributed by atoms with van der Waals surface area (Å²) >= 11 is 0.